The molecular weight excluding hydrogens is 250 g/mol. The molecular formula is C13H16ClN3O. The molecule has 0 saturated heterocycles. The van der Waals surface area contributed by atoms with E-state index in [-0.39, 0.29) is 0 Å². The third kappa shape index (κ3) is 2.49. The second-order valence-electron chi connectivity index (χ2n) is 4.05. The highest BCUT2D eigenvalue weighted by Crippen LogP contribution is 2.34. The summed E-state index contributed by atoms with van der Waals surface area (Å²) in [6.07, 6.45) is 2.69. The predicted octanol–water partition coefficient (Wildman–Crippen LogP) is 2.25. The number of halogens is 1. The summed E-state index contributed by atoms with van der Waals surface area (Å²) in [7, 11) is 3.53. The van der Waals surface area contributed by atoms with Crippen molar-refractivity contribution in [2.24, 2.45) is 12.8 Å². The SMILES string of the molecule is COc1ccc(Cl)cc1-c1cn(C)nc1CCN. The minimum Gasteiger partial charge on any atom is -0.496 e. The molecule has 1 heterocycles. The Morgan fingerprint density at radius 2 is 2.17 bits per heavy atom. The molecule has 0 aliphatic carbocycles. The van der Waals surface area contributed by atoms with Crippen LogP contribution in [0, 0.1) is 0 Å². The van der Waals surface area contributed by atoms with E-state index >= 15 is 0 Å². The predicted molar refractivity (Wildman–Crippen MR) is 73.0 cm³/mol. The molecule has 0 radical (unpaired) electrons. The number of nitrogens with two attached hydrogens (primary N) is 1. The molecule has 2 aromatic rings. The zero-order valence-electron chi connectivity index (χ0n) is 10.5. The molecule has 0 amide bonds. The first-order chi connectivity index (χ1) is 8.65. The molecule has 2 rings (SSSR count). The van der Waals surface area contributed by atoms with Gasteiger partial charge in [0.05, 0.1) is 12.8 Å². The van der Waals surface area contributed by atoms with Crippen LogP contribution in [-0.4, -0.2) is 23.4 Å². The van der Waals surface area contributed by atoms with Crippen molar-refractivity contribution < 1.29 is 4.74 Å². The minimum absolute atomic E-state index is 0.562. The number of hydrogen-bond acceptors (Lipinski definition) is 3. The lowest BCUT2D eigenvalue weighted by molar-refractivity contribution is 0.416. The van der Waals surface area contributed by atoms with E-state index in [1.54, 1.807) is 11.8 Å². The first kappa shape index (κ1) is 12.9. The van der Waals surface area contributed by atoms with Crippen molar-refractivity contribution in [1.82, 2.24) is 9.78 Å². The third-order valence-electron chi connectivity index (χ3n) is 2.74. The van der Waals surface area contributed by atoms with Gasteiger partial charge in [0.25, 0.3) is 0 Å². The van der Waals surface area contributed by atoms with Crippen LogP contribution in [0.3, 0.4) is 0 Å². The van der Waals surface area contributed by atoms with Crippen LogP contribution in [-0.2, 0) is 13.5 Å². The summed E-state index contributed by atoms with van der Waals surface area (Å²) in [5.41, 5.74) is 8.53. The van der Waals surface area contributed by atoms with Crippen molar-refractivity contribution in [2.75, 3.05) is 13.7 Å². The standard InChI is InChI=1S/C13H16ClN3O/c1-17-8-11(12(16-17)5-6-15)10-7-9(14)3-4-13(10)18-2/h3-4,7-8H,5-6,15H2,1-2H3. The van der Waals surface area contributed by atoms with Crippen LogP contribution < -0.4 is 10.5 Å². The summed E-state index contributed by atoms with van der Waals surface area (Å²) in [5.74, 6) is 0.783. The molecule has 1 aromatic carbocycles. The fourth-order valence-electron chi connectivity index (χ4n) is 1.97. The molecule has 5 heteroatoms. The highest BCUT2D eigenvalue weighted by Gasteiger charge is 2.14. The van der Waals surface area contributed by atoms with E-state index in [1.807, 2.05) is 31.4 Å². The molecule has 0 bridgehead atoms. The van der Waals surface area contributed by atoms with Gasteiger partial charge in [-0.2, -0.15) is 5.10 Å². The average Bonchev–Trinajstić information content (AvgIpc) is 2.71. The molecule has 0 spiro atoms. The second-order valence-corrected chi connectivity index (χ2v) is 4.48. The fourth-order valence-corrected chi connectivity index (χ4v) is 2.14. The van der Waals surface area contributed by atoms with Crippen molar-refractivity contribution in [1.29, 1.82) is 0 Å². The Hall–Kier alpha value is -1.52. The summed E-state index contributed by atoms with van der Waals surface area (Å²) < 4.78 is 7.15. The molecule has 18 heavy (non-hydrogen) atoms. The van der Waals surface area contributed by atoms with E-state index in [1.165, 1.54) is 0 Å². The van der Waals surface area contributed by atoms with Gasteiger partial charge in [-0.25, -0.2) is 0 Å². The molecule has 0 saturated carbocycles. The number of aromatic nitrogens is 2. The summed E-state index contributed by atoms with van der Waals surface area (Å²) in [4.78, 5) is 0. The van der Waals surface area contributed by atoms with Crippen LogP contribution in [0.15, 0.2) is 24.4 Å². The van der Waals surface area contributed by atoms with E-state index in [0.717, 1.165) is 29.0 Å². The zero-order chi connectivity index (χ0) is 13.1. The Balaban J connectivity index is 2.56. The van der Waals surface area contributed by atoms with Gasteiger partial charge in [-0.3, -0.25) is 4.68 Å². The molecule has 0 unspecified atom stereocenters. The lowest BCUT2D eigenvalue weighted by Gasteiger charge is -2.08. The molecule has 96 valence electrons. The van der Waals surface area contributed by atoms with Crippen molar-refractivity contribution >= 4 is 11.6 Å². The average molecular weight is 266 g/mol. The number of ether oxygens (including phenoxy) is 1. The minimum atomic E-state index is 0.562. The number of nitrogens with zero attached hydrogens (tertiary/aromatic N) is 2. The number of benzene rings is 1. The molecule has 0 fully saturated rings. The van der Waals surface area contributed by atoms with E-state index < -0.39 is 0 Å². The van der Waals surface area contributed by atoms with Crippen molar-refractivity contribution in [3.8, 4) is 16.9 Å². The Morgan fingerprint density at radius 1 is 1.39 bits per heavy atom. The van der Waals surface area contributed by atoms with Crippen molar-refractivity contribution in [2.45, 2.75) is 6.42 Å². The fraction of sp³-hybridized carbons (Fsp3) is 0.308. The highest BCUT2D eigenvalue weighted by atomic mass is 35.5. The van der Waals surface area contributed by atoms with Crippen LogP contribution in [0.4, 0.5) is 0 Å². The highest BCUT2D eigenvalue weighted by molar-refractivity contribution is 6.31. The molecule has 2 N–H and O–H groups in total. The van der Waals surface area contributed by atoms with E-state index in [2.05, 4.69) is 5.10 Å². The van der Waals surface area contributed by atoms with E-state index in [0.29, 0.717) is 11.6 Å². The number of hydrogen-bond donors (Lipinski definition) is 1. The topological polar surface area (TPSA) is 53.1 Å². The van der Waals surface area contributed by atoms with Crippen LogP contribution in [0.2, 0.25) is 5.02 Å². The quantitative estimate of drug-likeness (QED) is 0.923. The van der Waals surface area contributed by atoms with Gasteiger partial charge < -0.3 is 10.5 Å². The monoisotopic (exact) mass is 265 g/mol. The van der Waals surface area contributed by atoms with Crippen LogP contribution >= 0.6 is 11.6 Å². The van der Waals surface area contributed by atoms with Gasteiger partial charge in [-0.1, -0.05) is 11.6 Å². The molecule has 0 aliphatic heterocycles. The van der Waals surface area contributed by atoms with E-state index in [4.69, 9.17) is 22.1 Å². The zero-order valence-corrected chi connectivity index (χ0v) is 11.2. The van der Waals surface area contributed by atoms with Crippen molar-refractivity contribution in [3.63, 3.8) is 0 Å². The van der Waals surface area contributed by atoms with Gasteiger partial charge in [0.1, 0.15) is 5.75 Å². The Kier molecular flexibility index (Phi) is 3.89. The first-order valence-electron chi connectivity index (χ1n) is 5.72. The Bertz CT molecular complexity index is 551. The smallest absolute Gasteiger partial charge is 0.126 e. The summed E-state index contributed by atoms with van der Waals surface area (Å²) in [6.45, 7) is 0.562. The van der Waals surface area contributed by atoms with Crippen LogP contribution in [0.5, 0.6) is 5.75 Å². The van der Waals surface area contributed by atoms with Gasteiger partial charge in [0.15, 0.2) is 0 Å². The Labute approximate surface area is 111 Å². The second kappa shape index (κ2) is 5.42. The van der Waals surface area contributed by atoms with Crippen LogP contribution in [0.25, 0.3) is 11.1 Å². The summed E-state index contributed by atoms with van der Waals surface area (Å²) >= 11 is 6.05. The maximum absolute atomic E-state index is 6.05. The molecule has 0 aliphatic rings. The molecule has 0 atom stereocenters. The molecule has 4 nitrogen and oxygen atoms in total. The first-order valence-corrected chi connectivity index (χ1v) is 6.10. The van der Waals surface area contributed by atoms with Crippen LogP contribution in [0.1, 0.15) is 5.69 Å². The van der Waals surface area contributed by atoms with E-state index in [9.17, 15) is 0 Å². The number of rotatable bonds is 4. The van der Waals surface area contributed by atoms with Gasteiger partial charge >= 0.3 is 0 Å². The Morgan fingerprint density at radius 3 is 2.83 bits per heavy atom. The maximum atomic E-state index is 6.05. The number of methoxy groups -OCH3 is 1. The largest absolute Gasteiger partial charge is 0.496 e. The lowest BCUT2D eigenvalue weighted by Crippen LogP contribution is -2.04. The normalized spacial score (nSPS) is 10.7. The van der Waals surface area contributed by atoms with Gasteiger partial charge in [-0.05, 0) is 24.7 Å². The number of aryl methyl sites for hydroxylation is 1. The van der Waals surface area contributed by atoms with Gasteiger partial charge in [-0.15, -0.1) is 0 Å². The van der Waals surface area contributed by atoms with Gasteiger partial charge in [0.2, 0.25) is 0 Å². The van der Waals surface area contributed by atoms with Gasteiger partial charge in [0, 0.05) is 35.8 Å². The molecule has 1 aromatic heterocycles. The summed E-state index contributed by atoms with van der Waals surface area (Å²) in [5, 5.41) is 5.09. The van der Waals surface area contributed by atoms with Crippen molar-refractivity contribution in [3.05, 3.63) is 35.1 Å². The lowest BCUT2D eigenvalue weighted by atomic mass is 10.0. The summed E-state index contributed by atoms with van der Waals surface area (Å²) in [6, 6.07) is 5.55. The third-order valence-corrected chi connectivity index (χ3v) is 2.97. The maximum Gasteiger partial charge on any atom is 0.126 e.